The highest BCUT2D eigenvalue weighted by atomic mass is 16.5. The number of aryl methyl sites for hydroxylation is 1. The zero-order valence-electron chi connectivity index (χ0n) is 18.5. The summed E-state index contributed by atoms with van der Waals surface area (Å²) in [5.41, 5.74) is 2.59. The molecule has 1 aromatic heterocycles. The molecule has 2 N–H and O–H groups in total. The van der Waals surface area contributed by atoms with Crippen molar-refractivity contribution >= 4 is 28.4 Å². The molecule has 32 heavy (non-hydrogen) atoms. The number of nitrogens with one attached hydrogen (secondary N) is 1. The third-order valence-corrected chi connectivity index (χ3v) is 5.67. The van der Waals surface area contributed by atoms with Crippen LogP contribution in [0.1, 0.15) is 17.5 Å². The zero-order chi connectivity index (χ0) is 23.0. The molecule has 1 unspecified atom stereocenters. The minimum Gasteiger partial charge on any atom is -0.493 e. The van der Waals surface area contributed by atoms with Crippen LogP contribution in [0.2, 0.25) is 0 Å². The number of aromatic nitrogens is 2. The molecule has 0 saturated carbocycles. The number of nitrogens with zero attached hydrogens (tertiary/aromatic N) is 3. The molecule has 1 amide bonds. The van der Waals surface area contributed by atoms with Crippen LogP contribution in [0.5, 0.6) is 11.5 Å². The number of anilines is 2. The van der Waals surface area contributed by atoms with Crippen LogP contribution in [-0.4, -0.2) is 54.9 Å². The van der Waals surface area contributed by atoms with Crippen molar-refractivity contribution in [1.29, 1.82) is 0 Å². The quantitative estimate of drug-likeness (QED) is 0.606. The van der Waals surface area contributed by atoms with Crippen LogP contribution in [0.25, 0.3) is 10.9 Å². The largest absolute Gasteiger partial charge is 0.493 e. The summed E-state index contributed by atoms with van der Waals surface area (Å²) in [6.45, 7) is 2.55. The van der Waals surface area contributed by atoms with Gasteiger partial charge in [0.05, 0.1) is 44.2 Å². The summed E-state index contributed by atoms with van der Waals surface area (Å²) in [7, 11) is 4.90. The van der Waals surface area contributed by atoms with Gasteiger partial charge in [0.15, 0.2) is 11.5 Å². The number of hydrogen-bond donors (Lipinski definition) is 2. The Balaban J connectivity index is 1.65. The van der Waals surface area contributed by atoms with Crippen molar-refractivity contribution in [3.05, 3.63) is 51.8 Å². The lowest BCUT2D eigenvalue weighted by Crippen LogP contribution is -2.26. The molecule has 0 aliphatic carbocycles. The molecule has 0 radical (unpaired) electrons. The number of benzene rings is 2. The topological polar surface area (TPSA) is 108 Å². The molecule has 0 bridgehead atoms. The van der Waals surface area contributed by atoms with Gasteiger partial charge in [-0.1, -0.05) is 12.1 Å². The van der Waals surface area contributed by atoms with E-state index in [0.29, 0.717) is 47.0 Å². The number of ether oxygens (including phenoxy) is 2. The van der Waals surface area contributed by atoms with Gasteiger partial charge in [0.1, 0.15) is 0 Å². The molecule has 0 spiro atoms. The van der Waals surface area contributed by atoms with Crippen molar-refractivity contribution in [3.63, 3.8) is 0 Å². The fourth-order valence-electron chi connectivity index (χ4n) is 4.13. The molecule has 4 rings (SSSR count). The highest BCUT2D eigenvalue weighted by Crippen LogP contribution is 2.35. The van der Waals surface area contributed by atoms with Gasteiger partial charge < -0.3 is 24.4 Å². The molecule has 3 aromatic rings. The number of carbonyl (C=O) groups excluding carboxylic acids is 1. The molecule has 2 aromatic carbocycles. The molecular weight excluding hydrogens is 412 g/mol. The summed E-state index contributed by atoms with van der Waals surface area (Å²) in [4.78, 5) is 35.9. The van der Waals surface area contributed by atoms with E-state index in [1.807, 2.05) is 36.2 Å². The summed E-state index contributed by atoms with van der Waals surface area (Å²) in [6.07, 6.45) is -0.500. The molecule has 168 valence electrons. The Morgan fingerprint density at radius 2 is 2.03 bits per heavy atom. The number of β-amino-alcohol motifs (C(OH)–C–C–N with tert-alkyl or cyclic N) is 1. The van der Waals surface area contributed by atoms with Gasteiger partial charge in [-0.05, 0) is 24.6 Å². The molecule has 1 atom stereocenters. The predicted molar refractivity (Wildman–Crippen MR) is 122 cm³/mol. The summed E-state index contributed by atoms with van der Waals surface area (Å²) in [5, 5.41) is 10.2. The first-order chi connectivity index (χ1) is 15.3. The molecule has 1 fully saturated rings. The highest BCUT2D eigenvalue weighted by Gasteiger charge is 2.29. The molecule has 1 saturated heterocycles. The molecular formula is C23H26N4O5. The van der Waals surface area contributed by atoms with Crippen molar-refractivity contribution in [2.24, 2.45) is 0 Å². The number of amides is 1. The maximum Gasteiger partial charge on any atom is 0.260 e. The van der Waals surface area contributed by atoms with Crippen LogP contribution in [0, 0.1) is 6.92 Å². The minimum absolute atomic E-state index is 0.0942. The van der Waals surface area contributed by atoms with Gasteiger partial charge >= 0.3 is 0 Å². The van der Waals surface area contributed by atoms with E-state index in [-0.39, 0.29) is 17.9 Å². The summed E-state index contributed by atoms with van der Waals surface area (Å²) in [6, 6.07) is 9.25. The Morgan fingerprint density at radius 1 is 1.25 bits per heavy atom. The highest BCUT2D eigenvalue weighted by molar-refractivity contribution is 5.96. The first kappa shape index (κ1) is 21.6. The minimum atomic E-state index is -0.639. The molecule has 1 aliphatic rings. The van der Waals surface area contributed by atoms with Gasteiger partial charge in [0.2, 0.25) is 11.9 Å². The third kappa shape index (κ3) is 3.87. The second-order valence-electron chi connectivity index (χ2n) is 7.91. The van der Waals surface area contributed by atoms with Gasteiger partial charge in [0, 0.05) is 30.9 Å². The van der Waals surface area contributed by atoms with E-state index in [0.717, 1.165) is 11.3 Å². The lowest BCUT2D eigenvalue weighted by molar-refractivity contribution is -0.117. The molecule has 2 heterocycles. The first-order valence-electron chi connectivity index (χ1n) is 10.3. The summed E-state index contributed by atoms with van der Waals surface area (Å²) >= 11 is 0. The van der Waals surface area contributed by atoms with Gasteiger partial charge in [-0.25, -0.2) is 4.98 Å². The van der Waals surface area contributed by atoms with E-state index in [9.17, 15) is 14.7 Å². The summed E-state index contributed by atoms with van der Waals surface area (Å²) < 4.78 is 10.8. The average Bonchev–Trinajstić information content (AvgIpc) is 3.11. The van der Waals surface area contributed by atoms with Gasteiger partial charge in [-0.2, -0.15) is 0 Å². The fourth-order valence-corrected chi connectivity index (χ4v) is 4.13. The molecule has 9 heteroatoms. The number of fused-ring (bicyclic) bond motifs is 1. The number of aliphatic hydroxyl groups excluding tert-OH is 1. The number of methoxy groups -OCH3 is 2. The maximum atomic E-state index is 12.9. The smallest absolute Gasteiger partial charge is 0.260 e. The van der Waals surface area contributed by atoms with E-state index < -0.39 is 6.10 Å². The van der Waals surface area contributed by atoms with Crippen LogP contribution >= 0.6 is 0 Å². The number of aliphatic hydroxyl groups is 1. The van der Waals surface area contributed by atoms with Crippen LogP contribution in [0.15, 0.2) is 35.1 Å². The Kier molecular flexibility index (Phi) is 5.75. The Bertz CT molecular complexity index is 1240. The average molecular weight is 438 g/mol. The number of H-pyrrole nitrogens is 1. The molecule has 9 nitrogen and oxygen atoms in total. The maximum absolute atomic E-state index is 12.9. The van der Waals surface area contributed by atoms with Crippen LogP contribution in [-0.2, 0) is 11.3 Å². The zero-order valence-corrected chi connectivity index (χ0v) is 18.5. The fraction of sp³-hybridized carbons (Fsp3) is 0.348. The normalized spacial score (nSPS) is 16.0. The van der Waals surface area contributed by atoms with E-state index in [4.69, 9.17) is 9.47 Å². The van der Waals surface area contributed by atoms with Crippen molar-refractivity contribution in [2.45, 2.75) is 26.0 Å². The number of aromatic amines is 1. The second-order valence-corrected chi connectivity index (χ2v) is 7.91. The standard InChI is InChI=1S/C23H26N4O5/c1-13-20-17(10-18(31-3)21(13)32-4)24-23(25-22(20)30)26(2)11-14-6-5-7-15(8-14)27-12-16(28)9-19(27)29/h5-8,10,16,28H,9,11-12H2,1-4H3,(H,24,25,30). The second kappa shape index (κ2) is 8.51. The molecule has 1 aliphatic heterocycles. The van der Waals surface area contributed by atoms with E-state index >= 15 is 0 Å². The Morgan fingerprint density at radius 3 is 2.69 bits per heavy atom. The van der Waals surface area contributed by atoms with Crippen LogP contribution < -0.4 is 24.8 Å². The van der Waals surface area contributed by atoms with Gasteiger partial charge in [0.25, 0.3) is 5.56 Å². The monoisotopic (exact) mass is 438 g/mol. The van der Waals surface area contributed by atoms with Crippen LogP contribution in [0.4, 0.5) is 11.6 Å². The lowest BCUT2D eigenvalue weighted by atomic mass is 10.1. The predicted octanol–water partition coefficient (Wildman–Crippen LogP) is 1.98. The summed E-state index contributed by atoms with van der Waals surface area (Å²) in [5.74, 6) is 1.33. The Labute approximate surface area is 185 Å². The van der Waals surface area contributed by atoms with Gasteiger partial charge in [-0.15, -0.1) is 0 Å². The van der Waals surface area contributed by atoms with Crippen molar-refractivity contribution in [1.82, 2.24) is 9.97 Å². The van der Waals surface area contributed by atoms with Crippen molar-refractivity contribution in [3.8, 4) is 11.5 Å². The van der Waals surface area contributed by atoms with Crippen molar-refractivity contribution in [2.75, 3.05) is 37.6 Å². The lowest BCUT2D eigenvalue weighted by Gasteiger charge is -2.21. The van der Waals surface area contributed by atoms with Gasteiger partial charge in [-0.3, -0.25) is 14.6 Å². The van der Waals surface area contributed by atoms with Crippen molar-refractivity contribution < 1.29 is 19.4 Å². The van der Waals surface area contributed by atoms with E-state index in [2.05, 4.69) is 9.97 Å². The van der Waals surface area contributed by atoms with E-state index in [1.54, 1.807) is 25.0 Å². The number of hydrogen-bond acceptors (Lipinski definition) is 7. The SMILES string of the molecule is COc1cc2nc(N(C)Cc3cccc(N4CC(O)CC4=O)c3)[nH]c(=O)c2c(C)c1OC. The third-order valence-electron chi connectivity index (χ3n) is 5.67. The Hall–Kier alpha value is -3.59. The number of carbonyl (C=O) groups is 1. The first-order valence-corrected chi connectivity index (χ1v) is 10.3. The van der Waals surface area contributed by atoms with E-state index in [1.165, 1.54) is 7.11 Å². The van der Waals surface area contributed by atoms with Crippen LogP contribution in [0.3, 0.4) is 0 Å². The number of rotatable bonds is 6.